The van der Waals surface area contributed by atoms with Crippen LogP contribution in [0.5, 0.6) is 0 Å². The highest BCUT2D eigenvalue weighted by Gasteiger charge is 2.24. The Morgan fingerprint density at radius 1 is 1.48 bits per heavy atom. The summed E-state index contributed by atoms with van der Waals surface area (Å²) in [6.07, 6.45) is 2.84. The van der Waals surface area contributed by atoms with Gasteiger partial charge in [-0.15, -0.1) is 0 Å². The summed E-state index contributed by atoms with van der Waals surface area (Å²) in [7, 11) is 1.35. The predicted molar refractivity (Wildman–Crippen MR) is 80.9 cm³/mol. The Bertz CT molecular complexity index is 690. The first-order chi connectivity index (χ1) is 10.2. The molecule has 0 aliphatic carbocycles. The third-order valence-corrected chi connectivity index (χ3v) is 3.80. The molecule has 1 unspecified atom stereocenters. The quantitative estimate of drug-likeness (QED) is 0.862. The monoisotopic (exact) mass is 348 g/mol. The average molecular weight is 349 g/mol. The second-order valence-corrected chi connectivity index (χ2v) is 5.51. The van der Waals surface area contributed by atoms with Crippen LogP contribution in [0.1, 0.15) is 27.7 Å². The molecule has 1 aromatic heterocycles. The Morgan fingerprint density at radius 3 is 3.14 bits per heavy atom. The van der Waals surface area contributed by atoms with Gasteiger partial charge in [-0.2, -0.15) is 0 Å². The summed E-state index contributed by atoms with van der Waals surface area (Å²) >= 11 is 3.44. The number of hydrogen-bond donors (Lipinski definition) is 1. The van der Waals surface area contributed by atoms with Crippen molar-refractivity contribution in [3.05, 3.63) is 57.8 Å². The number of aromatic nitrogens is 1. The number of anilines is 1. The first-order valence-corrected chi connectivity index (χ1v) is 7.17. The molecular weight excluding hydrogens is 336 g/mol. The van der Waals surface area contributed by atoms with Crippen LogP contribution in [0, 0.1) is 0 Å². The van der Waals surface area contributed by atoms with Gasteiger partial charge in [0.15, 0.2) is 6.23 Å². The van der Waals surface area contributed by atoms with Crippen molar-refractivity contribution >= 4 is 27.6 Å². The van der Waals surface area contributed by atoms with Gasteiger partial charge in [0.2, 0.25) is 0 Å². The molecule has 2 heterocycles. The standard InChI is InChI=1S/C15H13BrN2O3/c1-20-15(19)12-4-5-17-7-13(12)18-14-11-3-2-10(16)6-9(11)8-21-14/h2-7,14,18H,8H2,1H3. The molecule has 5 nitrogen and oxygen atoms in total. The number of carbonyl (C=O) groups excluding carboxylic acids is 1. The molecule has 21 heavy (non-hydrogen) atoms. The molecular formula is C15H13BrN2O3. The average Bonchev–Trinajstić information content (AvgIpc) is 2.89. The number of fused-ring (bicyclic) bond motifs is 1. The van der Waals surface area contributed by atoms with Crippen LogP contribution in [0.2, 0.25) is 0 Å². The van der Waals surface area contributed by atoms with E-state index in [4.69, 9.17) is 9.47 Å². The molecule has 0 amide bonds. The predicted octanol–water partition coefficient (Wildman–Crippen LogP) is 3.27. The summed E-state index contributed by atoms with van der Waals surface area (Å²) < 4.78 is 11.5. The van der Waals surface area contributed by atoms with Gasteiger partial charge in [0, 0.05) is 16.2 Å². The van der Waals surface area contributed by atoms with Crippen molar-refractivity contribution in [1.82, 2.24) is 4.98 Å². The number of benzene rings is 1. The molecule has 1 aliphatic rings. The number of halogens is 1. The van der Waals surface area contributed by atoms with E-state index in [1.165, 1.54) is 7.11 Å². The molecule has 0 bridgehead atoms. The third kappa shape index (κ3) is 2.77. The lowest BCUT2D eigenvalue weighted by Gasteiger charge is -2.16. The Kier molecular flexibility index (Phi) is 3.90. The fourth-order valence-electron chi connectivity index (χ4n) is 2.28. The Hall–Kier alpha value is -1.92. The van der Waals surface area contributed by atoms with Crippen LogP contribution in [0.15, 0.2) is 41.1 Å². The normalized spacial score (nSPS) is 16.4. The molecule has 3 rings (SSSR count). The minimum absolute atomic E-state index is 0.305. The maximum Gasteiger partial charge on any atom is 0.340 e. The fraction of sp³-hybridized carbons (Fsp3) is 0.200. The van der Waals surface area contributed by atoms with Gasteiger partial charge >= 0.3 is 5.97 Å². The second-order valence-electron chi connectivity index (χ2n) is 4.59. The van der Waals surface area contributed by atoms with Gasteiger partial charge < -0.3 is 14.8 Å². The molecule has 0 radical (unpaired) electrons. The number of rotatable bonds is 3. The van der Waals surface area contributed by atoms with Crippen LogP contribution in [-0.2, 0) is 16.1 Å². The minimum Gasteiger partial charge on any atom is -0.465 e. The lowest BCUT2D eigenvalue weighted by molar-refractivity contribution is 0.0600. The van der Waals surface area contributed by atoms with Gasteiger partial charge in [0.05, 0.1) is 31.2 Å². The summed E-state index contributed by atoms with van der Waals surface area (Å²) in [4.78, 5) is 15.8. The number of carbonyl (C=O) groups is 1. The molecule has 0 saturated carbocycles. The van der Waals surface area contributed by atoms with Crippen molar-refractivity contribution in [2.45, 2.75) is 12.8 Å². The molecule has 108 valence electrons. The Balaban J connectivity index is 1.88. The van der Waals surface area contributed by atoms with Gasteiger partial charge in [0.25, 0.3) is 0 Å². The molecule has 2 aromatic rings. The van der Waals surface area contributed by atoms with Crippen LogP contribution in [0.4, 0.5) is 5.69 Å². The van der Waals surface area contributed by atoms with Gasteiger partial charge in [-0.05, 0) is 23.8 Å². The van der Waals surface area contributed by atoms with Gasteiger partial charge in [0.1, 0.15) is 0 Å². The maximum atomic E-state index is 11.8. The van der Waals surface area contributed by atoms with Crippen molar-refractivity contribution in [1.29, 1.82) is 0 Å². The first kappa shape index (κ1) is 14.0. The number of pyridine rings is 1. The summed E-state index contributed by atoms with van der Waals surface area (Å²) in [5.74, 6) is -0.408. The first-order valence-electron chi connectivity index (χ1n) is 6.38. The van der Waals surface area contributed by atoms with Crippen molar-refractivity contribution in [2.24, 2.45) is 0 Å². The van der Waals surface area contributed by atoms with E-state index in [0.717, 1.165) is 15.6 Å². The lowest BCUT2D eigenvalue weighted by Crippen LogP contribution is -2.13. The SMILES string of the molecule is COC(=O)c1ccncc1NC1OCc2cc(Br)ccc21. The smallest absolute Gasteiger partial charge is 0.340 e. The van der Waals surface area contributed by atoms with E-state index in [9.17, 15) is 4.79 Å². The fourth-order valence-corrected chi connectivity index (χ4v) is 2.68. The van der Waals surface area contributed by atoms with E-state index in [1.807, 2.05) is 18.2 Å². The van der Waals surface area contributed by atoms with E-state index in [2.05, 4.69) is 26.2 Å². The molecule has 1 aliphatic heterocycles. The van der Waals surface area contributed by atoms with Crippen LogP contribution < -0.4 is 5.32 Å². The highest BCUT2D eigenvalue weighted by molar-refractivity contribution is 9.10. The van der Waals surface area contributed by atoms with E-state index in [0.29, 0.717) is 17.9 Å². The largest absolute Gasteiger partial charge is 0.465 e. The zero-order valence-corrected chi connectivity index (χ0v) is 12.9. The van der Waals surface area contributed by atoms with Gasteiger partial charge in [-0.1, -0.05) is 22.0 Å². The van der Waals surface area contributed by atoms with Crippen molar-refractivity contribution < 1.29 is 14.3 Å². The lowest BCUT2D eigenvalue weighted by atomic mass is 10.1. The topological polar surface area (TPSA) is 60.5 Å². The van der Waals surface area contributed by atoms with Crippen LogP contribution in [0.25, 0.3) is 0 Å². The maximum absolute atomic E-state index is 11.8. The molecule has 6 heteroatoms. The summed E-state index contributed by atoms with van der Waals surface area (Å²) in [5.41, 5.74) is 3.19. The van der Waals surface area contributed by atoms with Crippen molar-refractivity contribution in [3.63, 3.8) is 0 Å². The van der Waals surface area contributed by atoms with Crippen LogP contribution >= 0.6 is 15.9 Å². The highest BCUT2D eigenvalue weighted by atomic mass is 79.9. The van der Waals surface area contributed by atoms with E-state index in [-0.39, 0.29) is 6.23 Å². The number of esters is 1. The highest BCUT2D eigenvalue weighted by Crippen LogP contribution is 2.33. The second kappa shape index (κ2) is 5.83. The summed E-state index contributed by atoms with van der Waals surface area (Å²) in [6, 6.07) is 7.61. The molecule has 0 fully saturated rings. The van der Waals surface area contributed by atoms with E-state index >= 15 is 0 Å². The van der Waals surface area contributed by atoms with Crippen molar-refractivity contribution in [2.75, 3.05) is 12.4 Å². The van der Waals surface area contributed by atoms with E-state index in [1.54, 1.807) is 18.5 Å². The third-order valence-electron chi connectivity index (χ3n) is 3.31. The number of nitrogens with zero attached hydrogens (tertiary/aromatic N) is 1. The zero-order valence-electron chi connectivity index (χ0n) is 11.3. The van der Waals surface area contributed by atoms with Crippen molar-refractivity contribution in [3.8, 4) is 0 Å². The van der Waals surface area contributed by atoms with Gasteiger partial charge in [-0.3, -0.25) is 4.98 Å². The number of methoxy groups -OCH3 is 1. The van der Waals surface area contributed by atoms with Crippen LogP contribution in [0.3, 0.4) is 0 Å². The van der Waals surface area contributed by atoms with Crippen LogP contribution in [-0.4, -0.2) is 18.1 Å². The van der Waals surface area contributed by atoms with E-state index < -0.39 is 5.97 Å². The Labute approximate surface area is 130 Å². The minimum atomic E-state index is -0.408. The molecule has 0 spiro atoms. The molecule has 1 aromatic carbocycles. The summed E-state index contributed by atoms with van der Waals surface area (Å²) in [5, 5.41) is 3.20. The van der Waals surface area contributed by atoms with Gasteiger partial charge in [-0.25, -0.2) is 4.79 Å². The number of nitrogens with one attached hydrogen (secondary N) is 1. The molecule has 1 atom stereocenters. The number of hydrogen-bond acceptors (Lipinski definition) is 5. The summed E-state index contributed by atoms with van der Waals surface area (Å²) in [6.45, 7) is 0.528. The molecule has 0 saturated heterocycles. The number of ether oxygens (including phenoxy) is 2. The zero-order chi connectivity index (χ0) is 14.8. The Morgan fingerprint density at radius 2 is 2.33 bits per heavy atom. The molecule has 1 N–H and O–H groups in total.